The summed E-state index contributed by atoms with van der Waals surface area (Å²) < 4.78 is 5.36. The lowest BCUT2D eigenvalue weighted by Gasteiger charge is -2.34. The quantitative estimate of drug-likeness (QED) is 0.659. The molecule has 1 fully saturated rings. The number of hydrogen-bond donors (Lipinski definition) is 2. The Balaban J connectivity index is 2.39. The van der Waals surface area contributed by atoms with Gasteiger partial charge in [0, 0.05) is 19.0 Å². The molecule has 0 spiro atoms. The lowest BCUT2D eigenvalue weighted by Crippen LogP contribution is -2.55. The number of carbonyl (C=O) groups is 2. The Morgan fingerprint density at radius 3 is 2.79 bits per heavy atom. The van der Waals surface area contributed by atoms with Crippen LogP contribution in [0, 0.1) is 0 Å². The standard InChI is InChI=1S/C13H24N2O4/c1-10(2)14-13(18)11-9-19-8-7-15(11)6-4-3-5-12(16)17/h10-11H,3-9H2,1-2H3,(H,14,18)(H,16,17). The number of carbonyl (C=O) groups excluding carboxylic acids is 1. The highest BCUT2D eigenvalue weighted by molar-refractivity contribution is 5.82. The third-order valence-electron chi connectivity index (χ3n) is 3.06. The first-order valence-corrected chi connectivity index (χ1v) is 6.84. The molecule has 0 saturated carbocycles. The monoisotopic (exact) mass is 272 g/mol. The van der Waals surface area contributed by atoms with Crippen LogP contribution in [0.5, 0.6) is 0 Å². The molecule has 19 heavy (non-hydrogen) atoms. The molecule has 1 aliphatic rings. The van der Waals surface area contributed by atoms with E-state index in [-0.39, 0.29) is 24.4 Å². The molecule has 1 heterocycles. The van der Waals surface area contributed by atoms with Crippen LogP contribution in [0.4, 0.5) is 0 Å². The average Bonchev–Trinajstić information content (AvgIpc) is 2.34. The summed E-state index contributed by atoms with van der Waals surface area (Å²) in [5.74, 6) is -0.774. The maximum atomic E-state index is 12.0. The summed E-state index contributed by atoms with van der Waals surface area (Å²) in [6.07, 6.45) is 1.62. The molecule has 1 unspecified atom stereocenters. The second-order valence-electron chi connectivity index (χ2n) is 5.14. The van der Waals surface area contributed by atoms with Crippen LogP contribution in [0.2, 0.25) is 0 Å². The summed E-state index contributed by atoms with van der Waals surface area (Å²) in [5.41, 5.74) is 0. The average molecular weight is 272 g/mol. The molecule has 1 saturated heterocycles. The van der Waals surface area contributed by atoms with E-state index in [1.54, 1.807) is 0 Å². The number of unbranched alkanes of at least 4 members (excludes halogenated alkanes) is 1. The molecule has 1 atom stereocenters. The molecule has 1 rings (SSSR count). The zero-order chi connectivity index (χ0) is 14.3. The predicted octanol–water partition coefficient (Wildman–Crippen LogP) is 0.467. The highest BCUT2D eigenvalue weighted by atomic mass is 16.5. The number of nitrogens with one attached hydrogen (secondary N) is 1. The highest BCUT2D eigenvalue weighted by Gasteiger charge is 2.29. The molecular weight excluding hydrogens is 248 g/mol. The van der Waals surface area contributed by atoms with Crippen LogP contribution >= 0.6 is 0 Å². The van der Waals surface area contributed by atoms with Crippen LogP contribution in [0.15, 0.2) is 0 Å². The second kappa shape index (κ2) is 8.12. The summed E-state index contributed by atoms with van der Waals surface area (Å²) in [5, 5.41) is 11.5. The van der Waals surface area contributed by atoms with Crippen LogP contribution in [0.3, 0.4) is 0 Å². The minimum atomic E-state index is -0.768. The van der Waals surface area contributed by atoms with Gasteiger partial charge in [0.05, 0.1) is 13.2 Å². The fourth-order valence-electron chi connectivity index (χ4n) is 2.12. The largest absolute Gasteiger partial charge is 0.481 e. The molecule has 110 valence electrons. The van der Waals surface area contributed by atoms with Crippen molar-refractivity contribution in [2.24, 2.45) is 0 Å². The van der Waals surface area contributed by atoms with Gasteiger partial charge in [-0.25, -0.2) is 0 Å². The Labute approximate surface area is 114 Å². The molecule has 0 aromatic carbocycles. The molecule has 6 nitrogen and oxygen atoms in total. The molecule has 0 aromatic heterocycles. The zero-order valence-corrected chi connectivity index (χ0v) is 11.7. The van der Waals surface area contributed by atoms with E-state index in [2.05, 4.69) is 10.2 Å². The topological polar surface area (TPSA) is 78.9 Å². The van der Waals surface area contributed by atoms with Crippen LogP contribution in [0.1, 0.15) is 33.1 Å². The van der Waals surface area contributed by atoms with Gasteiger partial charge in [0.15, 0.2) is 0 Å². The molecule has 0 radical (unpaired) electrons. The Hall–Kier alpha value is -1.14. The Morgan fingerprint density at radius 2 is 2.16 bits per heavy atom. The van der Waals surface area contributed by atoms with Gasteiger partial charge in [-0.15, -0.1) is 0 Å². The number of rotatable bonds is 7. The van der Waals surface area contributed by atoms with Gasteiger partial charge in [0.25, 0.3) is 0 Å². The van der Waals surface area contributed by atoms with E-state index in [4.69, 9.17) is 9.84 Å². The fraction of sp³-hybridized carbons (Fsp3) is 0.846. The number of hydrogen-bond acceptors (Lipinski definition) is 4. The van der Waals surface area contributed by atoms with Crippen molar-refractivity contribution in [1.29, 1.82) is 0 Å². The summed E-state index contributed by atoms with van der Waals surface area (Å²) in [4.78, 5) is 24.6. The van der Waals surface area contributed by atoms with Gasteiger partial charge in [-0.05, 0) is 33.2 Å². The molecular formula is C13H24N2O4. The van der Waals surface area contributed by atoms with E-state index < -0.39 is 5.97 Å². The summed E-state index contributed by atoms with van der Waals surface area (Å²) in [6, 6.07) is -0.135. The number of carboxylic acids is 1. The van der Waals surface area contributed by atoms with Gasteiger partial charge < -0.3 is 15.2 Å². The van der Waals surface area contributed by atoms with E-state index in [1.165, 1.54) is 0 Å². The Morgan fingerprint density at radius 1 is 1.42 bits per heavy atom. The van der Waals surface area contributed by atoms with Gasteiger partial charge in [-0.3, -0.25) is 14.5 Å². The normalized spacial score (nSPS) is 20.5. The van der Waals surface area contributed by atoms with Gasteiger partial charge in [0.1, 0.15) is 6.04 Å². The Bertz CT molecular complexity index is 307. The number of nitrogens with zero attached hydrogens (tertiary/aromatic N) is 1. The first-order chi connectivity index (χ1) is 9.00. The number of ether oxygens (including phenoxy) is 1. The number of carboxylic acid groups (broad SMARTS) is 1. The second-order valence-corrected chi connectivity index (χ2v) is 5.14. The minimum Gasteiger partial charge on any atom is -0.481 e. The van der Waals surface area contributed by atoms with Crippen LogP contribution in [-0.2, 0) is 14.3 Å². The molecule has 0 aliphatic carbocycles. The van der Waals surface area contributed by atoms with Gasteiger partial charge in [-0.2, -0.15) is 0 Å². The molecule has 1 aliphatic heterocycles. The van der Waals surface area contributed by atoms with E-state index in [9.17, 15) is 9.59 Å². The van der Waals surface area contributed by atoms with Crippen LogP contribution < -0.4 is 5.32 Å². The molecule has 1 amide bonds. The van der Waals surface area contributed by atoms with Crippen molar-refractivity contribution >= 4 is 11.9 Å². The number of aliphatic carboxylic acids is 1. The van der Waals surface area contributed by atoms with E-state index in [0.717, 1.165) is 19.5 Å². The SMILES string of the molecule is CC(C)NC(=O)C1COCCN1CCCCC(=O)O. The van der Waals surface area contributed by atoms with Gasteiger partial charge in [-0.1, -0.05) is 0 Å². The molecule has 6 heteroatoms. The zero-order valence-electron chi connectivity index (χ0n) is 11.7. The number of morpholine rings is 1. The fourth-order valence-corrected chi connectivity index (χ4v) is 2.12. The summed E-state index contributed by atoms with van der Waals surface area (Å²) in [7, 11) is 0. The predicted molar refractivity (Wildman–Crippen MR) is 70.9 cm³/mol. The van der Waals surface area contributed by atoms with E-state index >= 15 is 0 Å². The minimum absolute atomic E-state index is 0.00654. The first-order valence-electron chi connectivity index (χ1n) is 6.84. The van der Waals surface area contributed by atoms with Crippen molar-refractivity contribution in [3.63, 3.8) is 0 Å². The van der Waals surface area contributed by atoms with Crippen molar-refractivity contribution in [2.45, 2.75) is 45.2 Å². The molecule has 0 aromatic rings. The third-order valence-corrected chi connectivity index (χ3v) is 3.06. The van der Waals surface area contributed by atoms with Crippen LogP contribution in [0.25, 0.3) is 0 Å². The third kappa shape index (κ3) is 6.02. The van der Waals surface area contributed by atoms with Gasteiger partial charge in [0.2, 0.25) is 5.91 Å². The molecule has 2 N–H and O–H groups in total. The lowest BCUT2D eigenvalue weighted by atomic mass is 10.1. The maximum Gasteiger partial charge on any atom is 0.303 e. The van der Waals surface area contributed by atoms with Crippen molar-refractivity contribution in [1.82, 2.24) is 10.2 Å². The van der Waals surface area contributed by atoms with Crippen molar-refractivity contribution in [2.75, 3.05) is 26.3 Å². The number of amides is 1. The van der Waals surface area contributed by atoms with E-state index in [0.29, 0.717) is 19.6 Å². The van der Waals surface area contributed by atoms with Gasteiger partial charge >= 0.3 is 5.97 Å². The van der Waals surface area contributed by atoms with E-state index in [1.807, 2.05) is 13.8 Å². The Kier molecular flexibility index (Phi) is 6.80. The molecule has 0 bridgehead atoms. The maximum absolute atomic E-state index is 12.0. The van der Waals surface area contributed by atoms with Crippen molar-refractivity contribution in [3.8, 4) is 0 Å². The summed E-state index contributed by atoms with van der Waals surface area (Å²) in [6.45, 7) is 6.37. The van der Waals surface area contributed by atoms with Crippen LogP contribution in [-0.4, -0.2) is 60.3 Å². The van der Waals surface area contributed by atoms with Crippen molar-refractivity contribution in [3.05, 3.63) is 0 Å². The highest BCUT2D eigenvalue weighted by Crippen LogP contribution is 2.10. The summed E-state index contributed by atoms with van der Waals surface area (Å²) >= 11 is 0. The van der Waals surface area contributed by atoms with Crippen molar-refractivity contribution < 1.29 is 19.4 Å². The smallest absolute Gasteiger partial charge is 0.303 e. The first kappa shape index (κ1) is 15.9. The lowest BCUT2D eigenvalue weighted by molar-refractivity contribution is -0.137.